The molecular formula is C42H81FO2. The maximum atomic E-state index is 18.0. The van der Waals surface area contributed by atoms with E-state index in [0.717, 1.165) is 64.2 Å². The van der Waals surface area contributed by atoms with Crippen LogP contribution in [-0.2, 0) is 9.53 Å². The lowest BCUT2D eigenvalue weighted by atomic mass is 9.71. The van der Waals surface area contributed by atoms with Gasteiger partial charge in [0.15, 0.2) is 5.67 Å². The Hall–Kier alpha value is -0.860. The van der Waals surface area contributed by atoms with Crippen LogP contribution in [0.4, 0.5) is 4.39 Å². The summed E-state index contributed by atoms with van der Waals surface area (Å²) in [6.07, 6.45) is 35.5. The zero-order valence-electron chi connectivity index (χ0n) is 31.5. The van der Waals surface area contributed by atoms with Gasteiger partial charge in [-0.1, -0.05) is 201 Å². The molecule has 0 N–H and O–H groups in total. The highest BCUT2D eigenvalue weighted by Gasteiger charge is 2.53. The number of hydrogen-bond donors (Lipinski definition) is 0. The summed E-state index contributed by atoms with van der Waals surface area (Å²) in [7, 11) is 0. The first-order chi connectivity index (χ1) is 21.8. The molecule has 0 aliphatic rings. The Morgan fingerprint density at radius 3 is 1.00 bits per heavy atom. The average Bonchev–Trinajstić information content (AvgIpc) is 3.02. The van der Waals surface area contributed by atoms with Crippen LogP contribution in [0.15, 0.2) is 12.2 Å². The number of alkyl halides is 1. The van der Waals surface area contributed by atoms with Gasteiger partial charge in [-0.3, -0.25) is 0 Å². The lowest BCUT2D eigenvalue weighted by Gasteiger charge is -2.46. The zero-order chi connectivity index (χ0) is 33.5. The second-order valence-electron chi connectivity index (χ2n) is 14.6. The Balaban J connectivity index is 5.83. The van der Waals surface area contributed by atoms with Crippen molar-refractivity contribution in [1.29, 1.82) is 0 Å². The Morgan fingerprint density at radius 1 is 0.467 bits per heavy atom. The smallest absolute Gasteiger partial charge is 0.333 e. The van der Waals surface area contributed by atoms with Gasteiger partial charge in [-0.15, -0.1) is 0 Å². The molecule has 0 saturated carbocycles. The maximum absolute atomic E-state index is 18.0. The van der Waals surface area contributed by atoms with Crippen LogP contribution in [0.3, 0.4) is 0 Å². The molecule has 0 aromatic carbocycles. The minimum absolute atomic E-state index is 0.388. The molecule has 3 heteroatoms. The van der Waals surface area contributed by atoms with Gasteiger partial charge in [0, 0.05) is 5.57 Å². The third-order valence-electron chi connectivity index (χ3n) is 10.2. The van der Waals surface area contributed by atoms with Gasteiger partial charge in [-0.2, -0.15) is 0 Å². The lowest BCUT2D eigenvalue weighted by Crippen LogP contribution is -2.54. The number of halogens is 1. The summed E-state index contributed by atoms with van der Waals surface area (Å²) in [5, 5.41) is 0. The molecule has 1 unspecified atom stereocenters. The molecular weight excluding hydrogens is 555 g/mol. The second kappa shape index (κ2) is 30.5. The van der Waals surface area contributed by atoms with Crippen LogP contribution < -0.4 is 0 Å². The fourth-order valence-electron chi connectivity index (χ4n) is 7.07. The molecule has 0 saturated heterocycles. The van der Waals surface area contributed by atoms with Gasteiger partial charge >= 0.3 is 5.97 Å². The fraction of sp³-hybridized carbons (Fsp3) is 0.929. The standard InChI is InChI=1S/C42H81FO2/c1-7-11-15-19-22-25-28-32-36-41(43,35-31-18-14-10-4)42(45-40(44)39(5)6,37-33-29-26-23-20-16-12-8-2)38-34-30-27-24-21-17-13-9-3/h5,7-38H2,1-4,6H3. The van der Waals surface area contributed by atoms with E-state index in [1.807, 2.05) is 0 Å². The van der Waals surface area contributed by atoms with Crippen LogP contribution >= 0.6 is 0 Å². The molecule has 0 aliphatic heterocycles. The van der Waals surface area contributed by atoms with E-state index in [0.29, 0.717) is 31.3 Å². The fourth-order valence-corrected chi connectivity index (χ4v) is 7.07. The van der Waals surface area contributed by atoms with Crippen molar-refractivity contribution in [2.75, 3.05) is 0 Å². The number of ether oxygens (including phenoxy) is 1. The highest BCUT2D eigenvalue weighted by molar-refractivity contribution is 5.87. The van der Waals surface area contributed by atoms with Crippen LogP contribution in [0.5, 0.6) is 0 Å². The summed E-state index contributed by atoms with van der Waals surface area (Å²) in [6, 6.07) is 0. The van der Waals surface area contributed by atoms with Gasteiger partial charge < -0.3 is 4.74 Å². The second-order valence-corrected chi connectivity index (χ2v) is 14.6. The maximum Gasteiger partial charge on any atom is 0.333 e. The summed E-state index contributed by atoms with van der Waals surface area (Å²) in [6.45, 7) is 14.6. The third kappa shape index (κ3) is 22.4. The van der Waals surface area contributed by atoms with Gasteiger partial charge in [0.1, 0.15) is 5.60 Å². The van der Waals surface area contributed by atoms with Crippen LogP contribution in [0.25, 0.3) is 0 Å². The monoisotopic (exact) mass is 637 g/mol. The first-order valence-electron chi connectivity index (χ1n) is 20.4. The number of rotatable bonds is 35. The molecule has 0 aromatic rings. The summed E-state index contributed by atoms with van der Waals surface area (Å²) < 4.78 is 24.4. The van der Waals surface area contributed by atoms with E-state index in [2.05, 4.69) is 34.3 Å². The van der Waals surface area contributed by atoms with E-state index in [1.165, 1.54) is 116 Å². The van der Waals surface area contributed by atoms with Gasteiger partial charge in [0.2, 0.25) is 0 Å². The van der Waals surface area contributed by atoms with Crippen molar-refractivity contribution in [3.8, 4) is 0 Å². The minimum atomic E-state index is -1.48. The normalized spacial score (nSPS) is 13.2. The molecule has 0 fully saturated rings. The van der Waals surface area contributed by atoms with Crippen molar-refractivity contribution < 1.29 is 13.9 Å². The topological polar surface area (TPSA) is 26.3 Å². The Kier molecular flexibility index (Phi) is 29.9. The Bertz CT molecular complexity index is 654. The number of carbonyl (C=O) groups is 1. The Labute approximate surface area is 282 Å². The highest BCUT2D eigenvalue weighted by atomic mass is 19.1. The molecule has 0 radical (unpaired) electrons. The first kappa shape index (κ1) is 44.1. The van der Waals surface area contributed by atoms with E-state index < -0.39 is 11.3 Å². The van der Waals surface area contributed by atoms with Gasteiger partial charge in [0.05, 0.1) is 0 Å². The van der Waals surface area contributed by atoms with Gasteiger partial charge in [-0.05, 0) is 45.4 Å². The minimum Gasteiger partial charge on any atom is -0.452 e. The van der Waals surface area contributed by atoms with Crippen LogP contribution in [-0.4, -0.2) is 17.2 Å². The first-order valence-corrected chi connectivity index (χ1v) is 20.4. The molecule has 268 valence electrons. The SMILES string of the molecule is C=C(C)C(=O)OC(CCCCCCCCCC)(CCCCCCCCCC)C(F)(CCCCCC)CCCCCCCCCC. The van der Waals surface area contributed by atoms with Crippen molar-refractivity contribution >= 4 is 5.97 Å². The van der Waals surface area contributed by atoms with Crippen molar-refractivity contribution in [3.05, 3.63) is 12.2 Å². The number of carbonyl (C=O) groups excluding carboxylic acids is 1. The molecule has 1 atom stereocenters. The van der Waals surface area contributed by atoms with Crippen molar-refractivity contribution in [1.82, 2.24) is 0 Å². The molecule has 0 rings (SSSR count). The Morgan fingerprint density at radius 2 is 0.711 bits per heavy atom. The summed E-state index contributed by atoms with van der Waals surface area (Å²) in [5.74, 6) is -0.388. The van der Waals surface area contributed by atoms with E-state index in [4.69, 9.17) is 4.74 Å². The highest BCUT2D eigenvalue weighted by Crippen LogP contribution is 2.46. The third-order valence-corrected chi connectivity index (χ3v) is 10.2. The van der Waals surface area contributed by atoms with Gasteiger partial charge in [-0.25, -0.2) is 9.18 Å². The van der Waals surface area contributed by atoms with Crippen LogP contribution in [0.1, 0.15) is 240 Å². The molecule has 0 amide bonds. The number of hydrogen-bond acceptors (Lipinski definition) is 2. The largest absolute Gasteiger partial charge is 0.452 e. The van der Waals surface area contributed by atoms with E-state index in [9.17, 15) is 4.79 Å². The van der Waals surface area contributed by atoms with E-state index >= 15 is 4.39 Å². The van der Waals surface area contributed by atoms with Crippen LogP contribution in [0, 0.1) is 0 Å². The predicted molar refractivity (Wildman–Crippen MR) is 198 cm³/mol. The molecule has 0 aliphatic carbocycles. The average molecular weight is 637 g/mol. The lowest BCUT2D eigenvalue weighted by molar-refractivity contribution is -0.185. The summed E-state index contributed by atoms with van der Waals surface area (Å²) in [4.78, 5) is 13.3. The quantitative estimate of drug-likeness (QED) is 0.0393. The molecule has 45 heavy (non-hydrogen) atoms. The summed E-state index contributed by atoms with van der Waals surface area (Å²) in [5.41, 5.74) is -2.12. The van der Waals surface area contributed by atoms with Crippen molar-refractivity contribution in [2.24, 2.45) is 0 Å². The van der Waals surface area contributed by atoms with Crippen molar-refractivity contribution in [2.45, 2.75) is 251 Å². The molecule has 0 aromatic heterocycles. The predicted octanol–water partition coefficient (Wildman–Crippen LogP) is 15.1. The molecule has 0 heterocycles. The van der Waals surface area contributed by atoms with Gasteiger partial charge in [0.25, 0.3) is 0 Å². The van der Waals surface area contributed by atoms with Crippen molar-refractivity contribution in [3.63, 3.8) is 0 Å². The zero-order valence-corrected chi connectivity index (χ0v) is 31.5. The molecule has 0 spiro atoms. The van der Waals surface area contributed by atoms with Crippen LogP contribution in [0.2, 0.25) is 0 Å². The number of unbranched alkanes of at least 4 members (excludes halogenated alkanes) is 24. The van der Waals surface area contributed by atoms with E-state index in [1.54, 1.807) is 6.92 Å². The molecule has 2 nitrogen and oxygen atoms in total. The molecule has 0 bridgehead atoms. The number of esters is 1. The summed E-state index contributed by atoms with van der Waals surface area (Å²) >= 11 is 0. The van der Waals surface area contributed by atoms with E-state index in [-0.39, 0.29) is 5.97 Å².